The average Bonchev–Trinajstić information content (AvgIpc) is 3.11. The third-order valence-electron chi connectivity index (χ3n) is 7.50. The van der Waals surface area contributed by atoms with Crippen molar-refractivity contribution in [1.82, 2.24) is 0 Å². The fraction of sp³-hybridized carbons (Fsp3) is 0.0526. The van der Waals surface area contributed by atoms with Gasteiger partial charge < -0.3 is 12.9 Å². The van der Waals surface area contributed by atoms with Gasteiger partial charge in [0, 0.05) is 0 Å². The van der Waals surface area contributed by atoms with E-state index in [9.17, 15) is 39.1 Å². The fourth-order valence-corrected chi connectivity index (χ4v) is 6.82. The minimum Gasteiger partial charge on any atom is -0.445 e. The molecule has 0 amide bonds. The standard InChI is InChI=1S/C32H27O2S.C6BF8/c33-35(34-30-14-8-3-9-15-30,31-20-16-28(17-21-31)24-26-10-4-1-5-11-26)32-22-18-29(19-23-32)25-27-12-6-2-7-13-27;8-2-1(7(13,14)15)3(9)5(11)6(12)4(2)10/h1-23H,24-25H2;/q+1;-1. The topological polar surface area (TPSA) is 26.3 Å². The molecule has 0 aliphatic rings. The second kappa shape index (κ2) is 15.5. The summed E-state index contributed by atoms with van der Waals surface area (Å²) in [5.74, 6) is -13.0. The second-order valence-electron chi connectivity index (χ2n) is 11.1. The summed E-state index contributed by atoms with van der Waals surface area (Å²) in [5.41, 5.74) is 2.09. The van der Waals surface area contributed by atoms with Crippen molar-refractivity contribution < 1.29 is 43.3 Å². The molecule has 0 N–H and O–H groups in total. The molecule has 0 aliphatic heterocycles. The zero-order valence-corrected chi connectivity index (χ0v) is 26.8. The Balaban J connectivity index is 0.000000273. The van der Waals surface area contributed by atoms with E-state index in [1.807, 2.05) is 115 Å². The lowest BCUT2D eigenvalue weighted by Gasteiger charge is -2.17. The molecule has 12 heteroatoms. The normalized spacial score (nSPS) is 11.4. The van der Waals surface area contributed by atoms with E-state index in [2.05, 4.69) is 24.3 Å². The Labute approximate surface area is 284 Å². The molecule has 0 saturated heterocycles. The summed E-state index contributed by atoms with van der Waals surface area (Å²) >= 11 is 0. The first kappa shape index (κ1) is 36.1. The maximum Gasteiger partial charge on any atom is 0.515 e. The predicted octanol–water partition coefficient (Wildman–Crippen LogP) is 10.2. The molecule has 0 fully saturated rings. The Bertz CT molecular complexity index is 1960. The van der Waals surface area contributed by atoms with E-state index in [0.29, 0.717) is 15.5 Å². The average molecular weight is 710 g/mol. The van der Waals surface area contributed by atoms with E-state index in [4.69, 9.17) is 4.18 Å². The van der Waals surface area contributed by atoms with Gasteiger partial charge in [0.05, 0.1) is 0 Å². The Hall–Kier alpha value is -5.23. The van der Waals surface area contributed by atoms with E-state index in [1.165, 1.54) is 22.3 Å². The summed E-state index contributed by atoms with van der Waals surface area (Å²) in [7, 11) is -2.98. The summed E-state index contributed by atoms with van der Waals surface area (Å²) < 4.78 is 118. The highest BCUT2D eigenvalue weighted by molar-refractivity contribution is 7.99. The fourth-order valence-electron chi connectivity index (χ4n) is 4.99. The van der Waals surface area contributed by atoms with Crippen molar-refractivity contribution in [1.29, 1.82) is 0 Å². The highest BCUT2D eigenvalue weighted by Gasteiger charge is 2.39. The first-order valence-electron chi connectivity index (χ1n) is 15.1. The van der Waals surface area contributed by atoms with Gasteiger partial charge in [-0.2, -0.15) is 0 Å². The van der Waals surface area contributed by atoms with Gasteiger partial charge in [-0.3, -0.25) is 4.18 Å². The van der Waals surface area contributed by atoms with Gasteiger partial charge in [-0.25, -0.2) is 22.0 Å². The molecule has 50 heavy (non-hydrogen) atoms. The number of para-hydroxylation sites is 1. The van der Waals surface area contributed by atoms with Crippen molar-refractivity contribution in [3.8, 4) is 5.75 Å². The number of halogens is 8. The lowest BCUT2D eigenvalue weighted by Crippen LogP contribution is -2.41. The molecule has 0 spiro atoms. The number of benzene rings is 6. The van der Waals surface area contributed by atoms with Crippen LogP contribution in [0.25, 0.3) is 0 Å². The van der Waals surface area contributed by atoms with Crippen LogP contribution in [0.4, 0.5) is 34.9 Å². The van der Waals surface area contributed by atoms with E-state index in [-0.39, 0.29) is 0 Å². The monoisotopic (exact) mass is 710 g/mol. The highest BCUT2D eigenvalue weighted by atomic mass is 32.3. The smallest absolute Gasteiger partial charge is 0.445 e. The molecule has 6 aromatic carbocycles. The van der Waals surface area contributed by atoms with E-state index >= 15 is 0 Å². The molecule has 0 unspecified atom stereocenters. The molecular weight excluding hydrogens is 683 g/mol. The molecule has 0 heterocycles. The summed E-state index contributed by atoms with van der Waals surface area (Å²) in [6.45, 7) is -6.30. The molecule has 0 aromatic heterocycles. The molecule has 0 bridgehead atoms. The van der Waals surface area contributed by atoms with Crippen LogP contribution >= 0.6 is 0 Å². The van der Waals surface area contributed by atoms with Gasteiger partial charge in [0.2, 0.25) is 9.79 Å². The molecule has 0 radical (unpaired) electrons. The van der Waals surface area contributed by atoms with Crippen LogP contribution in [-0.4, -0.2) is 6.98 Å². The van der Waals surface area contributed by atoms with Gasteiger partial charge in [-0.05, 0) is 81.2 Å². The maximum absolute atomic E-state index is 14.5. The molecule has 6 aromatic rings. The molecule has 6 rings (SSSR count). The largest absolute Gasteiger partial charge is 0.515 e. The maximum atomic E-state index is 14.5. The van der Waals surface area contributed by atoms with Crippen LogP contribution in [0, 0.1) is 29.1 Å². The summed E-state index contributed by atoms with van der Waals surface area (Å²) in [6.07, 6.45) is 1.66. The van der Waals surface area contributed by atoms with Gasteiger partial charge >= 0.3 is 17.2 Å². The van der Waals surface area contributed by atoms with E-state index < -0.39 is 51.7 Å². The third kappa shape index (κ3) is 8.49. The summed E-state index contributed by atoms with van der Waals surface area (Å²) in [4.78, 5) is 1.32. The first-order chi connectivity index (χ1) is 23.9. The summed E-state index contributed by atoms with van der Waals surface area (Å²) in [5, 5.41) is 0. The van der Waals surface area contributed by atoms with Gasteiger partial charge in [-0.1, -0.05) is 103 Å². The van der Waals surface area contributed by atoms with Crippen LogP contribution in [0.15, 0.2) is 149 Å². The van der Waals surface area contributed by atoms with Gasteiger partial charge in [-0.15, -0.1) is 0 Å². The van der Waals surface area contributed by atoms with Crippen molar-refractivity contribution >= 4 is 22.7 Å². The Morgan fingerprint density at radius 1 is 0.440 bits per heavy atom. The van der Waals surface area contributed by atoms with Crippen molar-refractivity contribution in [2.24, 2.45) is 0 Å². The van der Waals surface area contributed by atoms with Gasteiger partial charge in [0.1, 0.15) is 11.6 Å². The van der Waals surface area contributed by atoms with E-state index in [1.54, 1.807) is 0 Å². The second-order valence-corrected chi connectivity index (χ2v) is 13.2. The van der Waals surface area contributed by atoms with E-state index in [0.717, 1.165) is 12.8 Å². The molecule has 256 valence electrons. The van der Waals surface area contributed by atoms with Crippen molar-refractivity contribution in [2.45, 2.75) is 22.6 Å². The minimum atomic E-state index is -6.30. The predicted molar refractivity (Wildman–Crippen MR) is 178 cm³/mol. The Morgan fingerprint density at radius 3 is 1.12 bits per heavy atom. The zero-order valence-electron chi connectivity index (χ0n) is 26.0. The zero-order chi connectivity index (χ0) is 35.9. The Kier molecular flexibility index (Phi) is 11.2. The Morgan fingerprint density at radius 2 is 0.760 bits per heavy atom. The van der Waals surface area contributed by atoms with Gasteiger partial charge in [0.15, 0.2) is 23.2 Å². The highest BCUT2D eigenvalue weighted by Crippen LogP contribution is 2.33. The lowest BCUT2D eigenvalue weighted by molar-refractivity contribution is 0.377. The van der Waals surface area contributed by atoms with Crippen molar-refractivity contribution in [3.05, 3.63) is 191 Å². The quantitative estimate of drug-likeness (QED) is 0.0491. The van der Waals surface area contributed by atoms with Crippen LogP contribution in [0.5, 0.6) is 5.75 Å². The number of rotatable bonds is 9. The van der Waals surface area contributed by atoms with Crippen LogP contribution in [0.1, 0.15) is 22.3 Å². The summed E-state index contributed by atoms with van der Waals surface area (Å²) in [6, 6.07) is 46.0. The van der Waals surface area contributed by atoms with Crippen molar-refractivity contribution in [3.63, 3.8) is 0 Å². The van der Waals surface area contributed by atoms with Crippen LogP contribution < -0.4 is 9.65 Å². The number of hydrogen-bond acceptors (Lipinski definition) is 2. The van der Waals surface area contributed by atoms with Crippen LogP contribution in [0.2, 0.25) is 0 Å². The lowest BCUT2D eigenvalue weighted by atomic mass is 9.79. The number of hydrogen-bond donors (Lipinski definition) is 0. The minimum absolute atomic E-state index is 0.583. The molecule has 2 nitrogen and oxygen atoms in total. The van der Waals surface area contributed by atoms with Crippen LogP contribution in [-0.2, 0) is 27.3 Å². The molecular formula is C38H27BF8O2S. The third-order valence-corrected chi connectivity index (χ3v) is 9.71. The van der Waals surface area contributed by atoms with Crippen LogP contribution in [0.3, 0.4) is 0 Å². The molecule has 0 saturated carbocycles. The molecule has 0 aliphatic carbocycles. The van der Waals surface area contributed by atoms with Gasteiger partial charge in [0.25, 0.3) is 0 Å². The first-order valence-corrected chi connectivity index (χ1v) is 16.6. The molecule has 0 atom stereocenters. The SMILES string of the molecule is Fc1c(F)c(F)c([B-](F)(F)F)c(F)c1F.O=[S+](Oc1ccccc1)(c1ccc(Cc2ccccc2)cc1)c1ccc(Cc2ccccc2)cc1. The van der Waals surface area contributed by atoms with Crippen molar-refractivity contribution in [2.75, 3.05) is 0 Å².